The summed E-state index contributed by atoms with van der Waals surface area (Å²) < 4.78 is 10.4. The Morgan fingerprint density at radius 2 is 2.25 bits per heavy atom. The van der Waals surface area contributed by atoms with Crippen molar-refractivity contribution in [3.63, 3.8) is 0 Å². The van der Waals surface area contributed by atoms with E-state index in [1.807, 2.05) is 26.0 Å². The summed E-state index contributed by atoms with van der Waals surface area (Å²) in [5, 5.41) is 2.64. The molecule has 1 aliphatic rings. The van der Waals surface area contributed by atoms with Crippen molar-refractivity contribution in [2.75, 3.05) is 12.4 Å². The van der Waals surface area contributed by atoms with Crippen LogP contribution in [0.2, 0.25) is 0 Å². The lowest BCUT2D eigenvalue weighted by Gasteiger charge is -2.18. The summed E-state index contributed by atoms with van der Waals surface area (Å²) in [7, 11) is 1.34. The molecule has 0 fully saturated rings. The molecule has 0 bridgehead atoms. The fourth-order valence-electron chi connectivity index (χ4n) is 1.88. The topological polar surface area (TPSA) is 47.6 Å². The highest BCUT2D eigenvalue weighted by Crippen LogP contribution is 2.40. The lowest BCUT2D eigenvalue weighted by molar-refractivity contribution is 0.139. The molecule has 86 valence electrons. The average molecular weight is 221 g/mol. The van der Waals surface area contributed by atoms with Gasteiger partial charge in [-0.05, 0) is 19.9 Å². The van der Waals surface area contributed by atoms with Crippen molar-refractivity contribution in [1.82, 2.24) is 0 Å². The average Bonchev–Trinajstić information content (AvgIpc) is 2.53. The Labute approximate surface area is 94.6 Å². The van der Waals surface area contributed by atoms with Gasteiger partial charge in [-0.3, -0.25) is 5.32 Å². The molecule has 4 nitrogen and oxygen atoms in total. The molecular weight excluding hydrogens is 206 g/mol. The molecule has 16 heavy (non-hydrogen) atoms. The van der Waals surface area contributed by atoms with Gasteiger partial charge in [-0.2, -0.15) is 0 Å². The standard InChI is InChI=1S/C12H15NO3/c1-12(2)7-8-5-4-6-9(10(8)16-12)13-11(14)15-3/h4-6H,7H2,1-3H3,(H,13,14). The molecule has 0 aliphatic carbocycles. The molecular formula is C12H15NO3. The number of carbonyl (C=O) groups excluding carboxylic acids is 1. The number of carbonyl (C=O) groups is 1. The van der Waals surface area contributed by atoms with Crippen LogP contribution in [-0.2, 0) is 11.2 Å². The lowest BCUT2D eigenvalue weighted by Crippen LogP contribution is -2.25. The molecule has 0 unspecified atom stereocenters. The third-order valence-electron chi connectivity index (χ3n) is 2.51. The lowest BCUT2D eigenvalue weighted by atomic mass is 10.0. The van der Waals surface area contributed by atoms with Crippen LogP contribution in [0.1, 0.15) is 19.4 Å². The second-order valence-corrected chi connectivity index (χ2v) is 4.45. The normalized spacial score (nSPS) is 16.2. The molecule has 1 aromatic carbocycles. The van der Waals surface area contributed by atoms with Crippen molar-refractivity contribution < 1.29 is 14.3 Å². The Morgan fingerprint density at radius 3 is 2.94 bits per heavy atom. The van der Waals surface area contributed by atoms with E-state index in [4.69, 9.17) is 4.74 Å². The fourth-order valence-corrected chi connectivity index (χ4v) is 1.88. The number of hydrogen-bond acceptors (Lipinski definition) is 3. The van der Waals surface area contributed by atoms with E-state index >= 15 is 0 Å². The highest BCUT2D eigenvalue weighted by atomic mass is 16.5. The van der Waals surface area contributed by atoms with Crippen LogP contribution in [0, 0.1) is 0 Å². The predicted octanol–water partition coefficient (Wildman–Crippen LogP) is 2.58. The largest absolute Gasteiger partial charge is 0.485 e. The Bertz CT molecular complexity index is 426. The number of rotatable bonds is 1. The zero-order chi connectivity index (χ0) is 11.8. The number of fused-ring (bicyclic) bond motifs is 1. The molecule has 1 amide bonds. The van der Waals surface area contributed by atoms with Crippen LogP contribution < -0.4 is 10.1 Å². The van der Waals surface area contributed by atoms with Crippen LogP contribution >= 0.6 is 0 Å². The van der Waals surface area contributed by atoms with Crippen LogP contribution in [0.15, 0.2) is 18.2 Å². The minimum atomic E-state index is -0.485. The predicted molar refractivity (Wildman–Crippen MR) is 60.9 cm³/mol. The summed E-state index contributed by atoms with van der Waals surface area (Å²) in [6, 6.07) is 5.71. The van der Waals surface area contributed by atoms with Crippen molar-refractivity contribution in [3.05, 3.63) is 23.8 Å². The molecule has 1 aliphatic heterocycles. The number of ether oxygens (including phenoxy) is 2. The first-order valence-electron chi connectivity index (χ1n) is 5.18. The van der Waals surface area contributed by atoms with Crippen molar-refractivity contribution in [3.8, 4) is 5.75 Å². The number of nitrogens with one attached hydrogen (secondary N) is 1. The Kier molecular flexibility index (Phi) is 2.50. The molecule has 2 rings (SSSR count). The first kappa shape index (κ1) is 10.8. The number of para-hydroxylation sites is 1. The maximum atomic E-state index is 11.2. The van der Waals surface area contributed by atoms with Gasteiger partial charge in [0.1, 0.15) is 11.4 Å². The van der Waals surface area contributed by atoms with Gasteiger partial charge in [-0.1, -0.05) is 12.1 Å². The zero-order valence-electron chi connectivity index (χ0n) is 9.66. The molecule has 0 spiro atoms. The monoisotopic (exact) mass is 221 g/mol. The Morgan fingerprint density at radius 1 is 1.50 bits per heavy atom. The number of anilines is 1. The van der Waals surface area contributed by atoms with Crippen LogP contribution in [0.25, 0.3) is 0 Å². The Balaban J connectivity index is 2.30. The summed E-state index contributed by atoms with van der Waals surface area (Å²) >= 11 is 0. The van der Waals surface area contributed by atoms with Gasteiger partial charge in [-0.15, -0.1) is 0 Å². The summed E-state index contributed by atoms with van der Waals surface area (Å²) in [5.41, 5.74) is 1.56. The second kappa shape index (κ2) is 3.70. The number of methoxy groups -OCH3 is 1. The maximum absolute atomic E-state index is 11.2. The zero-order valence-corrected chi connectivity index (χ0v) is 9.66. The van der Waals surface area contributed by atoms with Gasteiger partial charge in [0.25, 0.3) is 0 Å². The van der Waals surface area contributed by atoms with Crippen molar-refractivity contribution in [2.24, 2.45) is 0 Å². The summed E-state index contributed by atoms with van der Waals surface area (Å²) in [6.07, 6.45) is 0.362. The van der Waals surface area contributed by atoms with Crippen molar-refractivity contribution in [1.29, 1.82) is 0 Å². The molecule has 0 aromatic heterocycles. The first-order valence-corrected chi connectivity index (χ1v) is 5.18. The highest BCUT2D eigenvalue weighted by molar-refractivity contribution is 5.87. The van der Waals surface area contributed by atoms with Crippen molar-refractivity contribution >= 4 is 11.8 Å². The van der Waals surface area contributed by atoms with E-state index < -0.39 is 6.09 Å². The van der Waals surface area contributed by atoms with E-state index in [1.165, 1.54) is 7.11 Å². The fraction of sp³-hybridized carbons (Fsp3) is 0.417. The molecule has 0 atom stereocenters. The quantitative estimate of drug-likeness (QED) is 0.792. The van der Waals surface area contributed by atoms with Gasteiger partial charge >= 0.3 is 6.09 Å². The Hall–Kier alpha value is -1.71. The van der Waals surface area contributed by atoms with Gasteiger partial charge in [0.15, 0.2) is 0 Å². The minimum Gasteiger partial charge on any atom is -0.485 e. The smallest absolute Gasteiger partial charge is 0.411 e. The van der Waals surface area contributed by atoms with E-state index in [2.05, 4.69) is 10.1 Å². The molecule has 1 N–H and O–H groups in total. The highest BCUT2D eigenvalue weighted by Gasteiger charge is 2.31. The second-order valence-electron chi connectivity index (χ2n) is 4.45. The number of benzene rings is 1. The summed E-state index contributed by atoms with van der Waals surface area (Å²) in [4.78, 5) is 11.2. The SMILES string of the molecule is COC(=O)Nc1cccc2c1OC(C)(C)C2. The van der Waals surface area contributed by atoms with E-state index in [-0.39, 0.29) is 5.60 Å². The van der Waals surface area contributed by atoms with E-state index in [0.29, 0.717) is 5.69 Å². The molecule has 0 radical (unpaired) electrons. The van der Waals surface area contributed by atoms with Gasteiger partial charge in [0.05, 0.1) is 12.8 Å². The van der Waals surface area contributed by atoms with E-state index in [1.54, 1.807) is 6.07 Å². The first-order chi connectivity index (χ1) is 7.52. The van der Waals surface area contributed by atoms with Crippen LogP contribution in [-0.4, -0.2) is 18.8 Å². The summed E-state index contributed by atoms with van der Waals surface area (Å²) in [5.74, 6) is 0.748. The maximum Gasteiger partial charge on any atom is 0.411 e. The molecule has 1 aromatic rings. The third-order valence-corrected chi connectivity index (χ3v) is 2.51. The molecule has 4 heteroatoms. The van der Waals surface area contributed by atoms with Crippen LogP contribution in [0.4, 0.5) is 10.5 Å². The summed E-state index contributed by atoms with van der Waals surface area (Å²) in [6.45, 7) is 4.05. The molecule has 0 saturated carbocycles. The molecule has 1 heterocycles. The number of amides is 1. The van der Waals surface area contributed by atoms with E-state index in [9.17, 15) is 4.79 Å². The van der Waals surface area contributed by atoms with Gasteiger partial charge < -0.3 is 9.47 Å². The van der Waals surface area contributed by atoms with Crippen LogP contribution in [0.3, 0.4) is 0 Å². The third kappa shape index (κ3) is 1.96. The van der Waals surface area contributed by atoms with E-state index in [0.717, 1.165) is 17.7 Å². The van der Waals surface area contributed by atoms with Gasteiger partial charge in [0, 0.05) is 12.0 Å². The van der Waals surface area contributed by atoms with Crippen LogP contribution in [0.5, 0.6) is 5.75 Å². The van der Waals surface area contributed by atoms with Gasteiger partial charge in [-0.25, -0.2) is 4.79 Å². The van der Waals surface area contributed by atoms with Crippen molar-refractivity contribution in [2.45, 2.75) is 25.9 Å². The van der Waals surface area contributed by atoms with Gasteiger partial charge in [0.2, 0.25) is 0 Å². The molecule has 0 saturated heterocycles. The minimum absolute atomic E-state index is 0.212. The number of hydrogen-bond donors (Lipinski definition) is 1.